The fourth-order valence-electron chi connectivity index (χ4n) is 2.27. The molecule has 164 valence electrons. The molecule has 0 amide bonds. The van der Waals surface area contributed by atoms with Gasteiger partial charge in [0.1, 0.15) is 0 Å². The molecule has 0 rings (SSSR count). The Bertz CT molecular complexity index is 420. The molecule has 0 saturated carbocycles. The highest BCUT2D eigenvalue weighted by atomic mass is 28.4. The Morgan fingerprint density at radius 2 is 0.893 bits per heavy atom. The van der Waals surface area contributed by atoms with Crippen molar-refractivity contribution in [1.82, 2.24) is 0 Å². The number of esters is 2. The van der Waals surface area contributed by atoms with E-state index in [0.29, 0.717) is 24.9 Å². The first kappa shape index (κ1) is 26.9. The molecule has 12 heteroatoms. The lowest BCUT2D eigenvalue weighted by Gasteiger charge is -2.24. The van der Waals surface area contributed by atoms with E-state index < -0.39 is 29.5 Å². The summed E-state index contributed by atoms with van der Waals surface area (Å²) in [5, 5.41) is 0. The van der Waals surface area contributed by atoms with Crippen LogP contribution in [-0.4, -0.2) is 85.4 Å². The summed E-state index contributed by atoms with van der Waals surface area (Å²) in [6.07, 6.45) is 3.06. The molecule has 0 bridgehead atoms. The number of carbonyl (C=O) groups is 2. The molecule has 0 aliphatic heterocycles. The van der Waals surface area contributed by atoms with Gasteiger partial charge in [-0.15, -0.1) is 0 Å². The summed E-state index contributed by atoms with van der Waals surface area (Å²) in [6.45, 7) is 0.307. The van der Waals surface area contributed by atoms with E-state index in [-0.39, 0.29) is 13.2 Å². The zero-order chi connectivity index (χ0) is 21.5. The van der Waals surface area contributed by atoms with Crippen molar-refractivity contribution in [2.45, 2.75) is 24.9 Å². The monoisotopic (exact) mass is 440 g/mol. The van der Waals surface area contributed by atoms with Gasteiger partial charge in [0.05, 0.1) is 13.2 Å². The van der Waals surface area contributed by atoms with Gasteiger partial charge in [0.15, 0.2) is 0 Å². The lowest BCUT2D eigenvalue weighted by atomic mass is 10.4. The summed E-state index contributed by atoms with van der Waals surface area (Å²) in [5.74, 6) is -1.28. The number of hydrogen-bond acceptors (Lipinski definition) is 10. The smallest absolute Gasteiger partial charge is 0.463 e. The number of rotatable bonds is 16. The molecule has 0 radical (unpaired) electrons. The van der Waals surface area contributed by atoms with Crippen molar-refractivity contribution < 1.29 is 45.6 Å². The summed E-state index contributed by atoms with van der Waals surface area (Å²) in [7, 11) is 3.74. The zero-order valence-electron chi connectivity index (χ0n) is 17.5. The Hall–Kier alpha value is -1.13. The highest BCUT2D eigenvalue weighted by Gasteiger charge is 2.37. The molecular weight excluding hydrogens is 408 g/mol. The minimum Gasteiger partial charge on any atom is -0.463 e. The van der Waals surface area contributed by atoms with Gasteiger partial charge in [-0.2, -0.15) is 0 Å². The Morgan fingerprint density at radius 1 is 0.607 bits per heavy atom. The second-order valence-corrected chi connectivity index (χ2v) is 11.6. The van der Waals surface area contributed by atoms with Gasteiger partial charge in [0, 0.05) is 66.9 Å². The van der Waals surface area contributed by atoms with Crippen molar-refractivity contribution in [3.8, 4) is 0 Å². The Morgan fingerprint density at radius 3 is 1.14 bits per heavy atom. The van der Waals surface area contributed by atoms with Gasteiger partial charge in [-0.3, -0.25) is 0 Å². The van der Waals surface area contributed by atoms with Crippen molar-refractivity contribution in [2.75, 3.05) is 55.9 Å². The summed E-state index contributed by atoms with van der Waals surface area (Å²) in [5.41, 5.74) is 0. The Kier molecular flexibility index (Phi) is 14.2. The first-order chi connectivity index (χ1) is 13.4. The predicted molar refractivity (Wildman–Crippen MR) is 103 cm³/mol. The topological polar surface area (TPSA) is 108 Å². The average molecular weight is 441 g/mol. The van der Waals surface area contributed by atoms with E-state index >= 15 is 0 Å². The first-order valence-electron chi connectivity index (χ1n) is 8.69. The van der Waals surface area contributed by atoms with Gasteiger partial charge in [-0.25, -0.2) is 9.59 Å². The maximum Gasteiger partial charge on any atom is 0.500 e. The maximum atomic E-state index is 11.6. The summed E-state index contributed by atoms with van der Waals surface area (Å²) >= 11 is 0. The van der Waals surface area contributed by atoms with E-state index in [1.165, 1.54) is 42.7 Å². The van der Waals surface area contributed by atoms with Gasteiger partial charge in [0.2, 0.25) is 0 Å². The standard InChI is InChI=1S/C16H32O10Si2/c1-19-27(20-2,21-3)13-7-11-25-15(17)9-10-16(18)26-12-8-14-28(22-4,23-5)24-6/h9-10H,7-8,11-14H2,1-6H3/b10-9+. The summed E-state index contributed by atoms with van der Waals surface area (Å²) in [6, 6.07) is 1.01. The Balaban J connectivity index is 4.07. The minimum atomic E-state index is -2.67. The van der Waals surface area contributed by atoms with Gasteiger partial charge in [-0.05, 0) is 12.8 Å². The zero-order valence-corrected chi connectivity index (χ0v) is 19.5. The van der Waals surface area contributed by atoms with E-state index in [2.05, 4.69) is 0 Å². The van der Waals surface area contributed by atoms with E-state index in [4.69, 9.17) is 36.0 Å². The molecule has 0 fully saturated rings. The van der Waals surface area contributed by atoms with E-state index in [9.17, 15) is 9.59 Å². The normalized spacial score (nSPS) is 12.4. The highest BCUT2D eigenvalue weighted by molar-refractivity contribution is 6.60. The van der Waals surface area contributed by atoms with Crippen molar-refractivity contribution in [1.29, 1.82) is 0 Å². The molecule has 0 spiro atoms. The molecule has 0 aromatic rings. The van der Waals surface area contributed by atoms with E-state index in [1.807, 2.05) is 0 Å². The number of carbonyl (C=O) groups excluding carboxylic acids is 2. The molecular formula is C16H32O10Si2. The van der Waals surface area contributed by atoms with Gasteiger partial charge in [-0.1, -0.05) is 0 Å². The third kappa shape index (κ3) is 9.88. The molecule has 0 atom stereocenters. The van der Waals surface area contributed by atoms with Crippen LogP contribution in [0.5, 0.6) is 0 Å². The SMILES string of the molecule is CO[Si](CCCOC(=O)/C=C/C(=O)OCCC[Si](OC)(OC)OC)(OC)OC. The van der Waals surface area contributed by atoms with Crippen molar-refractivity contribution in [3.63, 3.8) is 0 Å². The van der Waals surface area contributed by atoms with Crippen LogP contribution in [0.15, 0.2) is 12.2 Å². The van der Waals surface area contributed by atoms with E-state index in [1.54, 1.807) is 0 Å². The van der Waals surface area contributed by atoms with Crippen LogP contribution in [0.3, 0.4) is 0 Å². The second-order valence-electron chi connectivity index (χ2n) is 5.47. The van der Waals surface area contributed by atoms with Crippen molar-refractivity contribution in [3.05, 3.63) is 12.2 Å². The van der Waals surface area contributed by atoms with Gasteiger partial charge < -0.3 is 36.0 Å². The van der Waals surface area contributed by atoms with Crippen LogP contribution in [0.25, 0.3) is 0 Å². The number of hydrogen-bond donors (Lipinski definition) is 0. The molecule has 0 unspecified atom stereocenters. The molecule has 0 heterocycles. The predicted octanol–water partition coefficient (Wildman–Crippen LogP) is 1.17. The quantitative estimate of drug-likeness (QED) is 0.150. The summed E-state index contributed by atoms with van der Waals surface area (Å²) in [4.78, 5) is 23.2. The molecule has 0 aliphatic carbocycles. The maximum absolute atomic E-state index is 11.6. The van der Waals surface area contributed by atoms with Gasteiger partial charge >= 0.3 is 29.5 Å². The minimum absolute atomic E-state index is 0.154. The Labute approximate surface area is 168 Å². The fraction of sp³-hybridized carbons (Fsp3) is 0.750. The molecule has 28 heavy (non-hydrogen) atoms. The number of ether oxygens (including phenoxy) is 2. The van der Waals surface area contributed by atoms with Crippen LogP contribution in [0.2, 0.25) is 12.1 Å². The van der Waals surface area contributed by atoms with Crippen LogP contribution in [0, 0.1) is 0 Å². The second kappa shape index (κ2) is 14.8. The largest absolute Gasteiger partial charge is 0.500 e. The van der Waals surface area contributed by atoms with Crippen LogP contribution in [-0.2, 0) is 45.6 Å². The van der Waals surface area contributed by atoms with Gasteiger partial charge in [0.25, 0.3) is 0 Å². The average Bonchev–Trinajstić information content (AvgIpc) is 2.73. The van der Waals surface area contributed by atoms with Crippen molar-refractivity contribution in [2.24, 2.45) is 0 Å². The fourth-order valence-corrected chi connectivity index (χ4v) is 5.65. The molecule has 0 N–H and O–H groups in total. The van der Waals surface area contributed by atoms with E-state index in [0.717, 1.165) is 12.2 Å². The third-order valence-electron chi connectivity index (χ3n) is 3.96. The van der Waals surface area contributed by atoms with Crippen LogP contribution in [0.1, 0.15) is 12.8 Å². The highest BCUT2D eigenvalue weighted by Crippen LogP contribution is 2.15. The van der Waals surface area contributed by atoms with Crippen LogP contribution < -0.4 is 0 Å². The first-order valence-corrected chi connectivity index (χ1v) is 12.5. The van der Waals surface area contributed by atoms with Crippen molar-refractivity contribution >= 4 is 29.5 Å². The lowest BCUT2D eigenvalue weighted by molar-refractivity contribution is -0.140. The molecule has 0 saturated heterocycles. The molecule has 10 nitrogen and oxygen atoms in total. The lowest BCUT2D eigenvalue weighted by Crippen LogP contribution is -2.42. The third-order valence-corrected chi connectivity index (χ3v) is 9.63. The molecule has 0 aliphatic rings. The summed E-state index contributed by atoms with van der Waals surface area (Å²) < 4.78 is 41.6. The molecule has 0 aromatic heterocycles. The van der Waals surface area contributed by atoms with Crippen LogP contribution in [0.4, 0.5) is 0 Å². The molecule has 0 aromatic carbocycles. The van der Waals surface area contributed by atoms with Crippen LogP contribution >= 0.6 is 0 Å².